The van der Waals surface area contributed by atoms with Crippen LogP contribution in [0.1, 0.15) is 46.5 Å². The van der Waals surface area contributed by atoms with E-state index in [4.69, 9.17) is 10.5 Å². The SMILES string of the molecule is COCCN(C(C)C1CC1)C(C)(CN)C1(C)CC1. The van der Waals surface area contributed by atoms with Gasteiger partial charge in [0.15, 0.2) is 0 Å². The first kappa shape index (κ1) is 14.3. The number of hydrogen-bond acceptors (Lipinski definition) is 3. The van der Waals surface area contributed by atoms with Crippen molar-refractivity contribution in [2.24, 2.45) is 17.1 Å². The molecule has 0 aliphatic heterocycles. The largest absolute Gasteiger partial charge is 0.383 e. The van der Waals surface area contributed by atoms with Crippen molar-refractivity contribution < 1.29 is 4.74 Å². The Morgan fingerprint density at radius 3 is 2.44 bits per heavy atom. The number of methoxy groups -OCH3 is 1. The van der Waals surface area contributed by atoms with Crippen molar-refractivity contribution in [2.75, 3.05) is 26.8 Å². The van der Waals surface area contributed by atoms with Crippen LogP contribution in [0.3, 0.4) is 0 Å². The molecule has 2 aliphatic rings. The zero-order valence-electron chi connectivity index (χ0n) is 12.5. The van der Waals surface area contributed by atoms with Gasteiger partial charge in [0.1, 0.15) is 0 Å². The van der Waals surface area contributed by atoms with Crippen LogP contribution in [-0.2, 0) is 4.74 Å². The van der Waals surface area contributed by atoms with Crippen LogP contribution in [0.25, 0.3) is 0 Å². The summed E-state index contributed by atoms with van der Waals surface area (Å²) in [5.74, 6) is 0.884. The molecule has 2 N–H and O–H groups in total. The molecule has 2 unspecified atom stereocenters. The maximum absolute atomic E-state index is 6.18. The van der Waals surface area contributed by atoms with Crippen LogP contribution in [0.4, 0.5) is 0 Å². The fraction of sp³-hybridized carbons (Fsp3) is 1.00. The third-order valence-electron chi connectivity index (χ3n) is 5.66. The molecule has 2 fully saturated rings. The molecular formula is C15H30N2O. The molecule has 0 aromatic rings. The predicted molar refractivity (Wildman–Crippen MR) is 75.6 cm³/mol. The number of hydrogen-bond donors (Lipinski definition) is 1. The van der Waals surface area contributed by atoms with Crippen molar-refractivity contribution in [1.82, 2.24) is 4.90 Å². The van der Waals surface area contributed by atoms with E-state index >= 15 is 0 Å². The van der Waals surface area contributed by atoms with Crippen LogP contribution in [0.2, 0.25) is 0 Å². The highest BCUT2D eigenvalue weighted by Crippen LogP contribution is 2.56. The highest BCUT2D eigenvalue weighted by molar-refractivity contribution is 5.11. The lowest BCUT2D eigenvalue weighted by Gasteiger charge is -2.49. The molecule has 3 nitrogen and oxygen atoms in total. The van der Waals surface area contributed by atoms with Gasteiger partial charge < -0.3 is 10.5 Å². The third kappa shape index (κ3) is 2.45. The molecule has 0 aromatic heterocycles. The Bertz CT molecular complexity index is 286. The van der Waals surface area contributed by atoms with E-state index in [9.17, 15) is 0 Å². The molecule has 0 saturated heterocycles. The first-order valence-corrected chi connectivity index (χ1v) is 7.44. The fourth-order valence-corrected chi connectivity index (χ4v) is 3.36. The summed E-state index contributed by atoms with van der Waals surface area (Å²) in [6.45, 7) is 9.73. The summed E-state index contributed by atoms with van der Waals surface area (Å²) in [4.78, 5) is 2.65. The zero-order chi connectivity index (χ0) is 13.4. The van der Waals surface area contributed by atoms with Crippen molar-refractivity contribution >= 4 is 0 Å². The van der Waals surface area contributed by atoms with Crippen molar-refractivity contribution in [3.63, 3.8) is 0 Å². The second kappa shape index (κ2) is 5.10. The zero-order valence-corrected chi connectivity index (χ0v) is 12.5. The Balaban J connectivity index is 2.14. The lowest BCUT2D eigenvalue weighted by atomic mass is 9.80. The summed E-state index contributed by atoms with van der Waals surface area (Å²) in [6.07, 6.45) is 5.42. The van der Waals surface area contributed by atoms with Crippen LogP contribution in [0, 0.1) is 11.3 Å². The van der Waals surface area contributed by atoms with E-state index in [-0.39, 0.29) is 5.54 Å². The van der Waals surface area contributed by atoms with E-state index in [1.54, 1.807) is 7.11 Å². The van der Waals surface area contributed by atoms with Crippen LogP contribution in [-0.4, -0.2) is 43.3 Å². The Morgan fingerprint density at radius 1 is 1.44 bits per heavy atom. The quantitative estimate of drug-likeness (QED) is 0.722. The van der Waals surface area contributed by atoms with Crippen LogP contribution in [0.15, 0.2) is 0 Å². The third-order valence-corrected chi connectivity index (χ3v) is 5.66. The minimum atomic E-state index is 0.132. The van der Waals surface area contributed by atoms with Crippen LogP contribution < -0.4 is 5.73 Å². The monoisotopic (exact) mass is 254 g/mol. The summed E-state index contributed by atoms with van der Waals surface area (Å²) >= 11 is 0. The van der Waals surface area contributed by atoms with Crippen molar-refractivity contribution in [1.29, 1.82) is 0 Å². The molecular weight excluding hydrogens is 224 g/mol. The van der Waals surface area contributed by atoms with E-state index < -0.39 is 0 Å². The van der Waals surface area contributed by atoms with Crippen molar-refractivity contribution in [3.05, 3.63) is 0 Å². The van der Waals surface area contributed by atoms with E-state index in [0.717, 1.165) is 25.6 Å². The molecule has 3 heteroatoms. The van der Waals surface area contributed by atoms with E-state index in [1.807, 2.05) is 0 Å². The summed E-state index contributed by atoms with van der Waals surface area (Å²) in [7, 11) is 1.79. The van der Waals surface area contributed by atoms with Crippen LogP contribution in [0.5, 0.6) is 0 Å². The average Bonchev–Trinajstić information content (AvgIpc) is 3.23. The highest BCUT2D eigenvalue weighted by Gasteiger charge is 2.56. The lowest BCUT2D eigenvalue weighted by molar-refractivity contribution is -0.00918. The number of ether oxygens (including phenoxy) is 1. The van der Waals surface area contributed by atoms with Crippen molar-refractivity contribution in [2.45, 2.75) is 58.0 Å². The molecule has 18 heavy (non-hydrogen) atoms. The molecule has 0 aromatic carbocycles. The molecule has 2 rings (SSSR count). The van der Waals surface area contributed by atoms with Gasteiger partial charge in [-0.05, 0) is 50.9 Å². The molecule has 2 aliphatic carbocycles. The molecule has 0 heterocycles. The smallest absolute Gasteiger partial charge is 0.0590 e. The molecule has 0 amide bonds. The molecule has 106 valence electrons. The van der Waals surface area contributed by atoms with Gasteiger partial charge in [-0.15, -0.1) is 0 Å². The average molecular weight is 254 g/mol. The number of nitrogens with zero attached hydrogens (tertiary/aromatic N) is 1. The molecule has 0 spiro atoms. The fourth-order valence-electron chi connectivity index (χ4n) is 3.36. The van der Waals surface area contributed by atoms with Gasteiger partial charge in [-0.1, -0.05) is 6.92 Å². The molecule has 0 radical (unpaired) electrons. The van der Waals surface area contributed by atoms with E-state index in [0.29, 0.717) is 11.5 Å². The highest BCUT2D eigenvalue weighted by atomic mass is 16.5. The minimum absolute atomic E-state index is 0.132. The van der Waals surface area contributed by atoms with Crippen molar-refractivity contribution in [3.8, 4) is 0 Å². The maximum atomic E-state index is 6.18. The first-order chi connectivity index (χ1) is 8.48. The van der Waals surface area contributed by atoms with Gasteiger partial charge in [0.05, 0.1) is 6.61 Å². The van der Waals surface area contributed by atoms with Gasteiger partial charge >= 0.3 is 0 Å². The maximum Gasteiger partial charge on any atom is 0.0590 e. The Kier molecular flexibility index (Phi) is 4.05. The molecule has 2 atom stereocenters. The second-order valence-corrected chi connectivity index (χ2v) is 6.80. The lowest BCUT2D eigenvalue weighted by Crippen LogP contribution is -2.61. The summed E-state index contributed by atoms with van der Waals surface area (Å²) in [6, 6.07) is 0.645. The first-order valence-electron chi connectivity index (χ1n) is 7.44. The topological polar surface area (TPSA) is 38.5 Å². The van der Waals surface area contributed by atoms with Gasteiger partial charge in [0.2, 0.25) is 0 Å². The second-order valence-electron chi connectivity index (χ2n) is 6.80. The standard InChI is InChI=1S/C15H30N2O/c1-12(13-5-6-13)17(9-10-18-4)15(3,11-16)14(2)7-8-14/h12-13H,5-11,16H2,1-4H3. The molecule has 0 bridgehead atoms. The predicted octanol–water partition coefficient (Wildman–Crippen LogP) is 2.25. The van der Waals surface area contributed by atoms with E-state index in [1.165, 1.54) is 25.7 Å². The van der Waals surface area contributed by atoms with Gasteiger partial charge in [-0.2, -0.15) is 0 Å². The number of rotatable bonds is 8. The normalized spacial score (nSPS) is 27.0. The van der Waals surface area contributed by atoms with Gasteiger partial charge in [0.25, 0.3) is 0 Å². The van der Waals surface area contributed by atoms with Gasteiger partial charge in [-0.3, -0.25) is 4.90 Å². The minimum Gasteiger partial charge on any atom is -0.383 e. The van der Waals surface area contributed by atoms with Gasteiger partial charge in [0, 0.05) is 31.8 Å². The molecule has 2 saturated carbocycles. The van der Waals surface area contributed by atoms with Gasteiger partial charge in [-0.25, -0.2) is 0 Å². The van der Waals surface area contributed by atoms with Crippen LogP contribution >= 0.6 is 0 Å². The Morgan fingerprint density at radius 2 is 2.06 bits per heavy atom. The Labute approximate surface area is 112 Å². The summed E-state index contributed by atoms with van der Waals surface area (Å²) in [5, 5.41) is 0. The summed E-state index contributed by atoms with van der Waals surface area (Å²) in [5.41, 5.74) is 6.73. The summed E-state index contributed by atoms with van der Waals surface area (Å²) < 4.78 is 5.31. The van der Waals surface area contributed by atoms with E-state index in [2.05, 4.69) is 25.7 Å². The number of nitrogens with two attached hydrogens (primary N) is 1. The Hall–Kier alpha value is -0.120.